The molecule has 6 heteroatoms. The van der Waals surface area contributed by atoms with E-state index in [-0.39, 0.29) is 11.8 Å². The molecule has 2 aromatic carbocycles. The molecule has 1 aliphatic rings. The second-order valence-electron chi connectivity index (χ2n) is 6.42. The minimum atomic E-state index is -0.276. The predicted molar refractivity (Wildman–Crippen MR) is 112 cm³/mol. The fraction of sp³-hybridized carbons (Fsp3) is 0.238. The maximum Gasteiger partial charge on any atom is 0.174 e. The molecule has 1 N–H and O–H groups in total. The van der Waals surface area contributed by atoms with Gasteiger partial charge >= 0.3 is 0 Å². The van der Waals surface area contributed by atoms with Gasteiger partial charge in [-0.25, -0.2) is 0 Å². The Morgan fingerprint density at radius 1 is 1.19 bits per heavy atom. The van der Waals surface area contributed by atoms with Crippen molar-refractivity contribution in [3.63, 3.8) is 0 Å². The first-order valence-electron chi connectivity index (χ1n) is 8.59. The second-order valence-corrected chi connectivity index (χ2v) is 7.25. The van der Waals surface area contributed by atoms with Crippen molar-refractivity contribution in [3.8, 4) is 5.75 Å². The van der Waals surface area contributed by atoms with Crippen LogP contribution in [0.3, 0.4) is 0 Å². The number of methoxy groups -OCH3 is 1. The zero-order valence-corrected chi connectivity index (χ0v) is 17.0. The summed E-state index contributed by atoms with van der Waals surface area (Å²) in [5.74, 6) is 0.788. The molecule has 0 radical (unpaired) electrons. The van der Waals surface area contributed by atoms with Crippen molar-refractivity contribution in [2.24, 2.45) is 0 Å². The maximum absolute atomic E-state index is 12.5. The van der Waals surface area contributed by atoms with Crippen LogP contribution in [0.2, 0.25) is 5.02 Å². The fourth-order valence-electron chi connectivity index (χ4n) is 3.25. The molecule has 0 aromatic heterocycles. The number of ether oxygens (including phenoxy) is 1. The molecule has 1 aliphatic heterocycles. The Balaban J connectivity index is 1.96. The van der Waals surface area contributed by atoms with E-state index < -0.39 is 0 Å². The number of rotatable bonds is 5. The molecule has 0 aliphatic carbocycles. The predicted octanol–water partition coefficient (Wildman–Crippen LogP) is 4.64. The van der Waals surface area contributed by atoms with Gasteiger partial charge in [0.05, 0.1) is 13.2 Å². The van der Waals surface area contributed by atoms with Crippen molar-refractivity contribution >= 4 is 34.7 Å². The average molecular weight is 401 g/mol. The van der Waals surface area contributed by atoms with Gasteiger partial charge in [-0.3, -0.25) is 4.79 Å². The van der Waals surface area contributed by atoms with E-state index >= 15 is 0 Å². The molecule has 1 unspecified atom stereocenters. The van der Waals surface area contributed by atoms with Crippen molar-refractivity contribution in [2.45, 2.75) is 26.4 Å². The Labute approximate surface area is 169 Å². The van der Waals surface area contributed by atoms with E-state index in [0.29, 0.717) is 22.3 Å². The van der Waals surface area contributed by atoms with Crippen molar-refractivity contribution in [2.75, 3.05) is 7.11 Å². The first-order chi connectivity index (χ1) is 12.9. The first-order valence-corrected chi connectivity index (χ1v) is 9.37. The molecular weight excluding hydrogens is 380 g/mol. The number of thiocarbonyl (C=S) groups is 1. The number of nitrogens with zero attached hydrogens (tertiary/aromatic N) is 1. The van der Waals surface area contributed by atoms with Crippen LogP contribution in [0.25, 0.3) is 0 Å². The highest BCUT2D eigenvalue weighted by molar-refractivity contribution is 7.80. The molecule has 0 spiro atoms. The van der Waals surface area contributed by atoms with Gasteiger partial charge in [0.1, 0.15) is 5.75 Å². The topological polar surface area (TPSA) is 41.6 Å². The number of ketones is 1. The van der Waals surface area contributed by atoms with Crippen LogP contribution in [0.1, 0.15) is 31.0 Å². The summed E-state index contributed by atoms with van der Waals surface area (Å²) in [6.45, 7) is 4.10. The van der Waals surface area contributed by atoms with Crippen LogP contribution in [0.5, 0.6) is 5.75 Å². The minimum Gasteiger partial charge on any atom is -0.497 e. The zero-order valence-electron chi connectivity index (χ0n) is 15.5. The molecule has 0 fully saturated rings. The van der Waals surface area contributed by atoms with Gasteiger partial charge in [0.25, 0.3) is 0 Å². The zero-order chi connectivity index (χ0) is 19.6. The lowest BCUT2D eigenvalue weighted by atomic mass is 9.92. The summed E-state index contributed by atoms with van der Waals surface area (Å²) in [5, 5.41) is 4.61. The highest BCUT2D eigenvalue weighted by atomic mass is 35.5. The quantitative estimate of drug-likeness (QED) is 0.740. The smallest absolute Gasteiger partial charge is 0.174 e. The van der Waals surface area contributed by atoms with Gasteiger partial charge in [-0.2, -0.15) is 0 Å². The Bertz CT molecular complexity index is 891. The van der Waals surface area contributed by atoms with E-state index in [1.807, 2.05) is 60.4 Å². The minimum absolute atomic E-state index is 0.0180. The van der Waals surface area contributed by atoms with Gasteiger partial charge in [0, 0.05) is 22.8 Å². The van der Waals surface area contributed by atoms with Gasteiger partial charge in [0.15, 0.2) is 10.9 Å². The van der Waals surface area contributed by atoms with Crippen LogP contribution in [-0.2, 0) is 11.3 Å². The van der Waals surface area contributed by atoms with Gasteiger partial charge < -0.3 is 15.0 Å². The monoisotopic (exact) mass is 400 g/mol. The molecule has 1 atom stereocenters. The van der Waals surface area contributed by atoms with Gasteiger partial charge in [-0.15, -0.1) is 0 Å². The third-order valence-electron chi connectivity index (χ3n) is 4.68. The SMILES string of the molecule is COc1ccc(C2NC(=S)N(Cc3ccc(Cl)cc3)C(C)=C2C(C)=O)cc1. The molecular formula is C21H21ClN2O2S. The van der Waals surface area contributed by atoms with Crippen LogP contribution in [0, 0.1) is 0 Å². The number of hydrogen-bond acceptors (Lipinski definition) is 3. The molecule has 3 rings (SSSR count). The molecule has 140 valence electrons. The van der Waals surface area contributed by atoms with Crippen LogP contribution in [0.4, 0.5) is 0 Å². The van der Waals surface area contributed by atoms with E-state index in [2.05, 4.69) is 5.32 Å². The first kappa shape index (κ1) is 19.4. The van der Waals surface area contributed by atoms with E-state index in [4.69, 9.17) is 28.6 Å². The van der Waals surface area contributed by atoms with Crippen molar-refractivity contribution in [3.05, 3.63) is 76.0 Å². The number of carbonyl (C=O) groups is 1. The van der Waals surface area contributed by atoms with Crippen LogP contribution >= 0.6 is 23.8 Å². The summed E-state index contributed by atoms with van der Waals surface area (Å²) in [6, 6.07) is 15.0. The van der Waals surface area contributed by atoms with E-state index in [9.17, 15) is 4.79 Å². The molecule has 0 amide bonds. The van der Waals surface area contributed by atoms with Gasteiger partial charge in [-0.1, -0.05) is 35.9 Å². The van der Waals surface area contributed by atoms with E-state index in [0.717, 1.165) is 22.6 Å². The summed E-state index contributed by atoms with van der Waals surface area (Å²) < 4.78 is 5.22. The van der Waals surface area contributed by atoms with Gasteiger partial charge in [0.2, 0.25) is 0 Å². The number of benzene rings is 2. The molecule has 1 heterocycles. The number of hydrogen-bond donors (Lipinski definition) is 1. The Morgan fingerprint density at radius 2 is 1.81 bits per heavy atom. The van der Waals surface area contributed by atoms with Crippen molar-refractivity contribution in [1.29, 1.82) is 0 Å². The highest BCUT2D eigenvalue weighted by Crippen LogP contribution is 2.32. The number of nitrogens with one attached hydrogen (secondary N) is 1. The average Bonchev–Trinajstić information content (AvgIpc) is 2.66. The van der Waals surface area contributed by atoms with Crippen LogP contribution in [0.15, 0.2) is 59.8 Å². The van der Waals surface area contributed by atoms with Crippen LogP contribution in [-0.4, -0.2) is 22.9 Å². The lowest BCUT2D eigenvalue weighted by molar-refractivity contribution is -0.114. The lowest BCUT2D eigenvalue weighted by Gasteiger charge is -2.38. The van der Waals surface area contributed by atoms with Gasteiger partial charge in [-0.05, 0) is 61.5 Å². The van der Waals surface area contributed by atoms with E-state index in [1.54, 1.807) is 14.0 Å². The van der Waals surface area contributed by atoms with Crippen molar-refractivity contribution < 1.29 is 9.53 Å². The third kappa shape index (κ3) is 4.15. The molecule has 27 heavy (non-hydrogen) atoms. The number of carbonyl (C=O) groups excluding carboxylic acids is 1. The molecule has 0 saturated heterocycles. The summed E-state index contributed by atoms with van der Waals surface area (Å²) in [5.41, 5.74) is 3.60. The van der Waals surface area contributed by atoms with E-state index in [1.165, 1.54) is 0 Å². The molecule has 4 nitrogen and oxygen atoms in total. The molecule has 0 bridgehead atoms. The highest BCUT2D eigenvalue weighted by Gasteiger charge is 2.32. The Hall–Kier alpha value is -2.37. The summed E-state index contributed by atoms with van der Waals surface area (Å²) in [7, 11) is 1.63. The largest absolute Gasteiger partial charge is 0.497 e. The third-order valence-corrected chi connectivity index (χ3v) is 5.27. The molecule has 0 saturated carbocycles. The molecule has 2 aromatic rings. The Morgan fingerprint density at radius 3 is 2.37 bits per heavy atom. The standard InChI is InChI=1S/C21H21ClN2O2S/c1-13-19(14(2)25)20(16-6-10-18(26-3)11-7-16)23-21(27)24(13)12-15-4-8-17(22)9-5-15/h4-11,20H,12H2,1-3H3,(H,23,27). The van der Waals surface area contributed by atoms with Crippen LogP contribution < -0.4 is 10.1 Å². The normalized spacial score (nSPS) is 17.0. The fourth-order valence-corrected chi connectivity index (χ4v) is 3.69. The van der Waals surface area contributed by atoms with Crippen molar-refractivity contribution in [1.82, 2.24) is 10.2 Å². The Kier molecular flexibility index (Phi) is 5.82. The summed E-state index contributed by atoms with van der Waals surface area (Å²) >= 11 is 11.6. The number of halogens is 1. The second kappa shape index (κ2) is 8.11. The maximum atomic E-state index is 12.5. The lowest BCUT2D eigenvalue weighted by Crippen LogP contribution is -2.47. The summed E-state index contributed by atoms with van der Waals surface area (Å²) in [4.78, 5) is 14.4. The number of allylic oxidation sites excluding steroid dienone is 1. The number of Topliss-reactive ketones (excluding diaryl/α,β-unsaturated/α-hetero) is 1. The summed E-state index contributed by atoms with van der Waals surface area (Å²) in [6.07, 6.45) is 0.